The first-order valence-corrected chi connectivity index (χ1v) is 7.85. The number of hydrogen-bond donors (Lipinski definition) is 2. The molecule has 2 bridgehead atoms. The number of carbonyl (C=O) groups excluding carboxylic acids is 1. The summed E-state index contributed by atoms with van der Waals surface area (Å²) in [5.41, 5.74) is -0.653. The van der Waals surface area contributed by atoms with Gasteiger partial charge < -0.3 is 10.4 Å². The maximum absolute atomic E-state index is 12.2. The summed E-state index contributed by atoms with van der Waals surface area (Å²) < 4.78 is 0. The van der Waals surface area contributed by atoms with Crippen LogP contribution in [0.2, 0.25) is 0 Å². The standard InChI is InChI=1S/C16H25NO2/c18-15(14-10-12-5-6-13(14)9-12)17-11-16(19)7-3-1-2-4-8-16/h5-6,12-14,19H,1-4,7-11H2,(H,17,18). The van der Waals surface area contributed by atoms with E-state index < -0.39 is 5.60 Å². The minimum Gasteiger partial charge on any atom is -0.388 e. The van der Waals surface area contributed by atoms with Gasteiger partial charge in [0.25, 0.3) is 0 Å². The van der Waals surface area contributed by atoms with Gasteiger partial charge in [-0.2, -0.15) is 0 Å². The summed E-state index contributed by atoms with van der Waals surface area (Å²) in [4.78, 5) is 12.2. The number of nitrogens with one attached hydrogen (secondary N) is 1. The van der Waals surface area contributed by atoms with E-state index in [4.69, 9.17) is 0 Å². The molecule has 19 heavy (non-hydrogen) atoms. The number of allylic oxidation sites excluding steroid dienone is 2. The van der Waals surface area contributed by atoms with Crippen molar-refractivity contribution in [2.75, 3.05) is 6.54 Å². The first-order chi connectivity index (χ1) is 9.16. The molecule has 3 unspecified atom stereocenters. The van der Waals surface area contributed by atoms with Crippen molar-refractivity contribution >= 4 is 5.91 Å². The van der Waals surface area contributed by atoms with E-state index in [-0.39, 0.29) is 11.8 Å². The molecule has 3 nitrogen and oxygen atoms in total. The largest absolute Gasteiger partial charge is 0.388 e. The molecule has 0 aliphatic heterocycles. The van der Waals surface area contributed by atoms with Crippen molar-refractivity contribution in [3.05, 3.63) is 12.2 Å². The molecule has 0 spiro atoms. The molecule has 2 N–H and O–H groups in total. The van der Waals surface area contributed by atoms with Crippen LogP contribution in [0.4, 0.5) is 0 Å². The van der Waals surface area contributed by atoms with E-state index in [1.54, 1.807) is 0 Å². The van der Waals surface area contributed by atoms with E-state index in [0.717, 1.165) is 38.5 Å². The molecule has 3 atom stereocenters. The van der Waals surface area contributed by atoms with E-state index in [2.05, 4.69) is 17.5 Å². The molecule has 0 aromatic carbocycles. The van der Waals surface area contributed by atoms with Gasteiger partial charge in [-0.15, -0.1) is 0 Å². The molecule has 3 aliphatic rings. The second kappa shape index (κ2) is 5.28. The van der Waals surface area contributed by atoms with Crippen LogP contribution in [0.15, 0.2) is 12.2 Å². The Morgan fingerprint density at radius 1 is 1.16 bits per heavy atom. The van der Waals surface area contributed by atoms with Crippen molar-refractivity contribution in [1.82, 2.24) is 5.32 Å². The van der Waals surface area contributed by atoms with Gasteiger partial charge in [0.2, 0.25) is 5.91 Å². The number of aliphatic hydroxyl groups is 1. The Balaban J connectivity index is 1.51. The Morgan fingerprint density at radius 3 is 2.47 bits per heavy atom. The summed E-state index contributed by atoms with van der Waals surface area (Å²) in [5, 5.41) is 13.6. The van der Waals surface area contributed by atoms with Crippen LogP contribution in [0, 0.1) is 17.8 Å². The summed E-state index contributed by atoms with van der Waals surface area (Å²) >= 11 is 0. The van der Waals surface area contributed by atoms with Gasteiger partial charge in [0.1, 0.15) is 0 Å². The molecular formula is C16H25NO2. The maximum Gasteiger partial charge on any atom is 0.223 e. The van der Waals surface area contributed by atoms with Crippen LogP contribution in [0.3, 0.4) is 0 Å². The smallest absolute Gasteiger partial charge is 0.223 e. The summed E-state index contributed by atoms with van der Waals surface area (Å²) in [6.45, 7) is 0.448. The van der Waals surface area contributed by atoms with Crippen LogP contribution in [-0.4, -0.2) is 23.2 Å². The van der Waals surface area contributed by atoms with E-state index in [1.807, 2.05) is 0 Å². The van der Waals surface area contributed by atoms with Gasteiger partial charge in [-0.3, -0.25) is 4.79 Å². The van der Waals surface area contributed by atoms with Crippen LogP contribution in [-0.2, 0) is 4.79 Å². The highest BCUT2D eigenvalue weighted by molar-refractivity contribution is 5.80. The summed E-state index contributed by atoms with van der Waals surface area (Å²) in [5.74, 6) is 1.40. The number of amides is 1. The zero-order valence-electron chi connectivity index (χ0n) is 11.6. The number of hydrogen-bond acceptors (Lipinski definition) is 2. The molecule has 1 amide bonds. The Morgan fingerprint density at radius 2 is 1.89 bits per heavy atom. The predicted octanol–water partition coefficient (Wildman–Crippen LogP) is 2.40. The van der Waals surface area contributed by atoms with Crippen molar-refractivity contribution < 1.29 is 9.90 Å². The Hall–Kier alpha value is -0.830. The Bertz CT molecular complexity index is 369. The molecule has 2 fully saturated rings. The lowest BCUT2D eigenvalue weighted by Gasteiger charge is -2.28. The third-order valence-electron chi connectivity index (χ3n) is 5.24. The summed E-state index contributed by atoms with van der Waals surface area (Å²) in [7, 11) is 0. The molecule has 3 aliphatic carbocycles. The molecule has 0 aromatic heterocycles. The molecule has 3 rings (SSSR count). The average molecular weight is 263 g/mol. The van der Waals surface area contributed by atoms with Gasteiger partial charge in [-0.05, 0) is 37.5 Å². The normalized spacial score (nSPS) is 36.2. The fraction of sp³-hybridized carbons (Fsp3) is 0.812. The van der Waals surface area contributed by atoms with Crippen LogP contribution < -0.4 is 5.32 Å². The second-order valence-electron chi connectivity index (χ2n) is 6.74. The van der Waals surface area contributed by atoms with Gasteiger partial charge in [-0.1, -0.05) is 37.8 Å². The fourth-order valence-corrected chi connectivity index (χ4v) is 4.03. The van der Waals surface area contributed by atoms with E-state index in [0.29, 0.717) is 18.4 Å². The Kier molecular flexibility index (Phi) is 3.66. The fourth-order valence-electron chi connectivity index (χ4n) is 4.03. The zero-order valence-corrected chi connectivity index (χ0v) is 11.6. The van der Waals surface area contributed by atoms with Gasteiger partial charge >= 0.3 is 0 Å². The van der Waals surface area contributed by atoms with Crippen LogP contribution in [0.5, 0.6) is 0 Å². The molecule has 106 valence electrons. The highest BCUT2D eigenvalue weighted by Crippen LogP contribution is 2.43. The van der Waals surface area contributed by atoms with Gasteiger partial charge in [0, 0.05) is 12.5 Å². The third kappa shape index (κ3) is 2.86. The molecule has 0 radical (unpaired) electrons. The monoisotopic (exact) mass is 263 g/mol. The SMILES string of the molecule is O=C(NCC1(O)CCCCCC1)C1CC2C=CC1C2. The van der Waals surface area contributed by atoms with Crippen LogP contribution >= 0.6 is 0 Å². The van der Waals surface area contributed by atoms with Crippen molar-refractivity contribution in [3.8, 4) is 0 Å². The van der Waals surface area contributed by atoms with Gasteiger partial charge in [0.15, 0.2) is 0 Å². The third-order valence-corrected chi connectivity index (χ3v) is 5.24. The van der Waals surface area contributed by atoms with Crippen LogP contribution in [0.25, 0.3) is 0 Å². The van der Waals surface area contributed by atoms with E-state index >= 15 is 0 Å². The van der Waals surface area contributed by atoms with Crippen molar-refractivity contribution in [2.24, 2.45) is 17.8 Å². The van der Waals surface area contributed by atoms with Crippen molar-refractivity contribution in [3.63, 3.8) is 0 Å². The quantitative estimate of drug-likeness (QED) is 0.607. The first-order valence-electron chi connectivity index (χ1n) is 7.85. The highest BCUT2D eigenvalue weighted by Gasteiger charge is 2.40. The topological polar surface area (TPSA) is 49.3 Å². The predicted molar refractivity (Wildman–Crippen MR) is 74.5 cm³/mol. The number of rotatable bonds is 3. The summed E-state index contributed by atoms with van der Waals surface area (Å²) in [6, 6.07) is 0. The molecule has 0 aromatic rings. The molecule has 3 heteroatoms. The Labute approximate surface area is 115 Å². The maximum atomic E-state index is 12.2. The lowest BCUT2D eigenvalue weighted by molar-refractivity contribution is -0.127. The molecule has 0 heterocycles. The number of carbonyl (C=O) groups is 1. The van der Waals surface area contributed by atoms with Gasteiger partial charge in [-0.25, -0.2) is 0 Å². The van der Waals surface area contributed by atoms with E-state index in [1.165, 1.54) is 12.8 Å². The molecule has 2 saturated carbocycles. The highest BCUT2D eigenvalue weighted by atomic mass is 16.3. The average Bonchev–Trinajstić information content (AvgIpc) is 2.97. The minimum absolute atomic E-state index is 0.157. The van der Waals surface area contributed by atoms with Crippen LogP contribution in [0.1, 0.15) is 51.4 Å². The van der Waals surface area contributed by atoms with Crippen molar-refractivity contribution in [1.29, 1.82) is 0 Å². The van der Waals surface area contributed by atoms with Crippen molar-refractivity contribution in [2.45, 2.75) is 57.0 Å². The van der Waals surface area contributed by atoms with E-state index in [9.17, 15) is 9.90 Å². The first kappa shape index (κ1) is 13.2. The lowest BCUT2D eigenvalue weighted by Crippen LogP contribution is -2.45. The second-order valence-corrected chi connectivity index (χ2v) is 6.74. The lowest BCUT2D eigenvalue weighted by atomic mass is 9.91. The van der Waals surface area contributed by atoms with Gasteiger partial charge in [0.05, 0.1) is 5.60 Å². The number of fused-ring (bicyclic) bond motifs is 2. The zero-order chi connectivity index (χ0) is 13.3. The molecular weight excluding hydrogens is 238 g/mol. The molecule has 0 saturated heterocycles. The minimum atomic E-state index is -0.653. The summed E-state index contributed by atoms with van der Waals surface area (Å²) in [6.07, 6.45) is 12.9.